The molecule has 3 rings (SSSR count). The first-order valence-corrected chi connectivity index (χ1v) is 8.83. The standard InChI is InChI=1S/C19H28N2O2/c1-13(14-6-7-14)21(17-8-10-18(23-2)11-9-17)19(22)15-4-3-5-16(20)12-15/h8-11,13-16H,3-7,12,20H2,1-2H3. The van der Waals surface area contributed by atoms with Crippen LogP contribution in [0, 0.1) is 11.8 Å². The summed E-state index contributed by atoms with van der Waals surface area (Å²) >= 11 is 0. The van der Waals surface area contributed by atoms with E-state index in [0.29, 0.717) is 5.92 Å². The van der Waals surface area contributed by atoms with E-state index >= 15 is 0 Å². The molecule has 3 atom stereocenters. The van der Waals surface area contributed by atoms with Crippen LogP contribution in [0.25, 0.3) is 0 Å². The number of ether oxygens (including phenoxy) is 1. The highest BCUT2D eigenvalue weighted by atomic mass is 16.5. The number of nitrogens with two attached hydrogens (primary N) is 1. The summed E-state index contributed by atoms with van der Waals surface area (Å²) in [7, 11) is 1.66. The zero-order chi connectivity index (χ0) is 16.4. The summed E-state index contributed by atoms with van der Waals surface area (Å²) in [5, 5.41) is 0. The fraction of sp³-hybridized carbons (Fsp3) is 0.632. The van der Waals surface area contributed by atoms with Gasteiger partial charge in [0.05, 0.1) is 7.11 Å². The van der Waals surface area contributed by atoms with Crippen LogP contribution in [0.5, 0.6) is 5.75 Å². The maximum atomic E-state index is 13.2. The third kappa shape index (κ3) is 3.69. The lowest BCUT2D eigenvalue weighted by molar-refractivity contribution is -0.124. The molecule has 2 N–H and O–H groups in total. The number of hydrogen-bond donors (Lipinski definition) is 1. The Balaban J connectivity index is 1.83. The lowest BCUT2D eigenvalue weighted by Gasteiger charge is -2.35. The second kappa shape index (κ2) is 6.91. The molecular weight excluding hydrogens is 288 g/mol. The molecule has 2 aliphatic carbocycles. The predicted molar refractivity (Wildman–Crippen MR) is 92.6 cm³/mol. The van der Waals surface area contributed by atoms with Gasteiger partial charge in [0.25, 0.3) is 0 Å². The molecule has 0 aromatic heterocycles. The van der Waals surface area contributed by atoms with Crippen molar-refractivity contribution in [3.63, 3.8) is 0 Å². The molecular formula is C19H28N2O2. The van der Waals surface area contributed by atoms with E-state index in [9.17, 15) is 4.79 Å². The molecule has 3 unspecified atom stereocenters. The number of rotatable bonds is 5. The molecule has 1 aromatic carbocycles. The number of amides is 1. The van der Waals surface area contributed by atoms with E-state index in [1.807, 2.05) is 29.2 Å². The van der Waals surface area contributed by atoms with E-state index in [2.05, 4.69) is 6.92 Å². The van der Waals surface area contributed by atoms with Crippen molar-refractivity contribution in [1.82, 2.24) is 0 Å². The first-order valence-electron chi connectivity index (χ1n) is 8.83. The Morgan fingerprint density at radius 1 is 1.22 bits per heavy atom. The third-order valence-electron chi connectivity index (χ3n) is 5.36. The Labute approximate surface area is 139 Å². The number of methoxy groups -OCH3 is 1. The fourth-order valence-corrected chi connectivity index (χ4v) is 3.74. The van der Waals surface area contributed by atoms with Gasteiger partial charge in [0, 0.05) is 23.7 Å². The molecule has 1 amide bonds. The van der Waals surface area contributed by atoms with E-state index in [4.69, 9.17) is 10.5 Å². The van der Waals surface area contributed by atoms with Crippen molar-refractivity contribution in [3.8, 4) is 5.75 Å². The monoisotopic (exact) mass is 316 g/mol. The summed E-state index contributed by atoms with van der Waals surface area (Å²) in [5.41, 5.74) is 7.08. The number of benzene rings is 1. The van der Waals surface area contributed by atoms with Crippen molar-refractivity contribution < 1.29 is 9.53 Å². The van der Waals surface area contributed by atoms with Gasteiger partial charge in [-0.05, 0) is 69.2 Å². The van der Waals surface area contributed by atoms with Crippen LogP contribution in [0.4, 0.5) is 5.69 Å². The highest BCUT2D eigenvalue weighted by Crippen LogP contribution is 2.39. The molecule has 0 saturated heterocycles. The summed E-state index contributed by atoms with van der Waals surface area (Å²) < 4.78 is 5.24. The Bertz CT molecular complexity index is 539. The van der Waals surface area contributed by atoms with Crippen molar-refractivity contribution >= 4 is 11.6 Å². The van der Waals surface area contributed by atoms with Crippen LogP contribution in [0.2, 0.25) is 0 Å². The van der Waals surface area contributed by atoms with Gasteiger partial charge < -0.3 is 15.4 Å². The Morgan fingerprint density at radius 2 is 1.91 bits per heavy atom. The first-order chi connectivity index (χ1) is 11.1. The van der Waals surface area contributed by atoms with Gasteiger partial charge in [0.2, 0.25) is 5.91 Å². The molecule has 0 bridgehead atoms. The molecule has 2 fully saturated rings. The molecule has 0 spiro atoms. The van der Waals surface area contributed by atoms with E-state index in [1.54, 1.807) is 7.11 Å². The van der Waals surface area contributed by atoms with Gasteiger partial charge in [-0.25, -0.2) is 0 Å². The number of carbonyl (C=O) groups excluding carboxylic acids is 1. The SMILES string of the molecule is COc1ccc(N(C(=O)C2CCCC(N)C2)C(C)C2CC2)cc1. The van der Waals surface area contributed by atoms with Crippen molar-refractivity contribution in [1.29, 1.82) is 0 Å². The largest absolute Gasteiger partial charge is 0.497 e. The van der Waals surface area contributed by atoms with E-state index in [0.717, 1.165) is 37.1 Å². The molecule has 0 radical (unpaired) electrons. The number of nitrogens with zero attached hydrogens (tertiary/aromatic N) is 1. The lowest BCUT2D eigenvalue weighted by Crippen LogP contribution is -2.46. The van der Waals surface area contributed by atoms with Crippen LogP contribution < -0.4 is 15.4 Å². The zero-order valence-corrected chi connectivity index (χ0v) is 14.2. The van der Waals surface area contributed by atoms with Crippen molar-refractivity contribution in [3.05, 3.63) is 24.3 Å². The summed E-state index contributed by atoms with van der Waals surface area (Å²) in [6, 6.07) is 8.29. The Morgan fingerprint density at radius 3 is 2.48 bits per heavy atom. The van der Waals surface area contributed by atoms with Crippen LogP contribution in [-0.4, -0.2) is 25.1 Å². The van der Waals surface area contributed by atoms with Crippen LogP contribution in [-0.2, 0) is 4.79 Å². The van der Waals surface area contributed by atoms with E-state index < -0.39 is 0 Å². The molecule has 2 saturated carbocycles. The smallest absolute Gasteiger partial charge is 0.230 e. The molecule has 0 aliphatic heterocycles. The number of anilines is 1. The number of hydrogen-bond acceptors (Lipinski definition) is 3. The maximum absolute atomic E-state index is 13.2. The summed E-state index contributed by atoms with van der Waals surface area (Å²) in [4.78, 5) is 15.2. The first kappa shape index (κ1) is 16.3. The highest BCUT2D eigenvalue weighted by Gasteiger charge is 2.38. The minimum atomic E-state index is 0.0713. The molecule has 126 valence electrons. The van der Waals surface area contributed by atoms with Gasteiger partial charge in [-0.2, -0.15) is 0 Å². The van der Waals surface area contributed by atoms with Gasteiger partial charge in [-0.15, -0.1) is 0 Å². The molecule has 0 heterocycles. The normalized spacial score (nSPS) is 25.7. The van der Waals surface area contributed by atoms with Gasteiger partial charge in [0.15, 0.2) is 0 Å². The van der Waals surface area contributed by atoms with E-state index in [-0.39, 0.29) is 23.9 Å². The lowest BCUT2D eigenvalue weighted by atomic mass is 9.84. The van der Waals surface area contributed by atoms with Gasteiger partial charge in [-0.3, -0.25) is 4.79 Å². The molecule has 4 heteroatoms. The minimum Gasteiger partial charge on any atom is -0.497 e. The minimum absolute atomic E-state index is 0.0713. The summed E-state index contributed by atoms with van der Waals surface area (Å²) in [6.07, 6.45) is 6.35. The maximum Gasteiger partial charge on any atom is 0.230 e. The second-order valence-corrected chi connectivity index (χ2v) is 7.11. The van der Waals surface area contributed by atoms with Crippen molar-refractivity contribution in [2.45, 2.75) is 57.5 Å². The van der Waals surface area contributed by atoms with Crippen molar-refractivity contribution in [2.24, 2.45) is 17.6 Å². The zero-order valence-electron chi connectivity index (χ0n) is 14.2. The predicted octanol–water partition coefficient (Wildman–Crippen LogP) is 3.34. The van der Waals surface area contributed by atoms with Crippen LogP contribution in [0.15, 0.2) is 24.3 Å². The van der Waals surface area contributed by atoms with Crippen LogP contribution in [0.3, 0.4) is 0 Å². The van der Waals surface area contributed by atoms with Gasteiger partial charge in [0.1, 0.15) is 5.75 Å². The topological polar surface area (TPSA) is 55.6 Å². The van der Waals surface area contributed by atoms with Gasteiger partial charge >= 0.3 is 0 Å². The fourth-order valence-electron chi connectivity index (χ4n) is 3.74. The average molecular weight is 316 g/mol. The Kier molecular flexibility index (Phi) is 4.90. The highest BCUT2D eigenvalue weighted by molar-refractivity contribution is 5.95. The van der Waals surface area contributed by atoms with Crippen LogP contribution in [0.1, 0.15) is 45.4 Å². The van der Waals surface area contributed by atoms with Gasteiger partial charge in [-0.1, -0.05) is 6.42 Å². The van der Waals surface area contributed by atoms with Crippen LogP contribution >= 0.6 is 0 Å². The summed E-state index contributed by atoms with van der Waals surface area (Å²) in [6.45, 7) is 2.18. The molecule has 2 aliphatic rings. The van der Waals surface area contributed by atoms with E-state index in [1.165, 1.54) is 12.8 Å². The quantitative estimate of drug-likeness (QED) is 0.906. The molecule has 1 aromatic rings. The van der Waals surface area contributed by atoms with Crippen molar-refractivity contribution in [2.75, 3.05) is 12.0 Å². The number of carbonyl (C=O) groups is 1. The average Bonchev–Trinajstić information content (AvgIpc) is 3.40. The Hall–Kier alpha value is -1.55. The summed E-state index contributed by atoms with van der Waals surface area (Å²) in [5.74, 6) is 1.78. The molecule has 23 heavy (non-hydrogen) atoms. The molecule has 4 nitrogen and oxygen atoms in total. The third-order valence-corrected chi connectivity index (χ3v) is 5.36. The second-order valence-electron chi connectivity index (χ2n) is 7.11.